The minimum atomic E-state index is 0.385. The topological polar surface area (TPSA) is 25.2 Å². The van der Waals surface area contributed by atoms with Gasteiger partial charge in [-0.25, -0.2) is 0 Å². The summed E-state index contributed by atoms with van der Waals surface area (Å²) in [6.07, 6.45) is 1.75. The van der Waals surface area contributed by atoms with Gasteiger partial charge in [0.05, 0.1) is 6.26 Å². The molecule has 0 saturated heterocycles. The van der Waals surface area contributed by atoms with Crippen LogP contribution in [-0.4, -0.2) is 12.3 Å². The number of hydrogen-bond donors (Lipinski definition) is 1. The van der Waals surface area contributed by atoms with E-state index in [4.69, 9.17) is 4.42 Å². The minimum Gasteiger partial charge on any atom is -0.468 e. The van der Waals surface area contributed by atoms with Crippen molar-refractivity contribution >= 4 is 11.8 Å². The Morgan fingerprint density at radius 3 is 2.61 bits per heavy atom. The zero-order valence-electron chi connectivity index (χ0n) is 10.8. The van der Waals surface area contributed by atoms with Gasteiger partial charge < -0.3 is 9.73 Å². The first-order valence-corrected chi connectivity index (χ1v) is 7.25. The average molecular weight is 261 g/mol. The van der Waals surface area contributed by atoms with Gasteiger partial charge in [-0.3, -0.25) is 0 Å². The second-order valence-electron chi connectivity index (χ2n) is 4.17. The molecule has 0 aliphatic heterocycles. The molecule has 2 nitrogen and oxygen atoms in total. The van der Waals surface area contributed by atoms with E-state index in [-0.39, 0.29) is 0 Å². The number of thioether (sulfide) groups is 1. The predicted molar refractivity (Wildman–Crippen MR) is 77.0 cm³/mol. The molecule has 2 aromatic rings. The summed E-state index contributed by atoms with van der Waals surface area (Å²) in [4.78, 5) is 1.23. The fourth-order valence-electron chi connectivity index (χ4n) is 1.90. The lowest BCUT2D eigenvalue weighted by molar-refractivity contribution is 0.526. The summed E-state index contributed by atoms with van der Waals surface area (Å²) < 4.78 is 5.32. The molecule has 0 amide bonds. The van der Waals surface area contributed by atoms with E-state index in [0.717, 1.165) is 18.1 Å². The predicted octanol–water partition coefficient (Wildman–Crippen LogP) is 4.03. The molecular formula is C15H19NOS. The molecule has 1 unspecified atom stereocenters. The zero-order chi connectivity index (χ0) is 12.8. The van der Waals surface area contributed by atoms with Gasteiger partial charge >= 0.3 is 0 Å². The highest BCUT2D eigenvalue weighted by atomic mass is 32.2. The molecule has 1 aromatic heterocycles. The number of aryl methyl sites for hydroxylation is 1. The minimum absolute atomic E-state index is 0.385. The van der Waals surface area contributed by atoms with Crippen LogP contribution in [0, 0.1) is 6.92 Å². The van der Waals surface area contributed by atoms with Gasteiger partial charge in [-0.05, 0) is 25.1 Å². The van der Waals surface area contributed by atoms with E-state index in [2.05, 4.69) is 42.6 Å². The zero-order valence-corrected chi connectivity index (χ0v) is 11.7. The number of nitrogens with one attached hydrogen (secondary N) is 1. The van der Waals surface area contributed by atoms with Gasteiger partial charge in [0, 0.05) is 16.7 Å². The van der Waals surface area contributed by atoms with E-state index < -0.39 is 0 Å². The average Bonchev–Trinajstić information content (AvgIpc) is 2.81. The lowest BCUT2D eigenvalue weighted by Gasteiger charge is -2.17. The summed E-state index contributed by atoms with van der Waals surface area (Å²) in [5.74, 6) is 2.02. The van der Waals surface area contributed by atoms with Gasteiger partial charge in [0.2, 0.25) is 0 Å². The van der Waals surface area contributed by atoms with Crippen molar-refractivity contribution in [3.05, 3.63) is 54.0 Å². The SMILES string of the molecule is CCNC(CSc1ccoc1C)c1ccccc1. The van der Waals surface area contributed by atoms with Crippen molar-refractivity contribution in [2.75, 3.05) is 12.3 Å². The number of benzene rings is 1. The maximum atomic E-state index is 5.32. The summed E-state index contributed by atoms with van der Waals surface area (Å²) in [6.45, 7) is 5.13. The summed E-state index contributed by atoms with van der Waals surface area (Å²) in [5, 5.41) is 3.53. The standard InChI is InChI=1S/C15H19NOS/c1-3-16-14(13-7-5-4-6-8-13)11-18-15-9-10-17-12(15)2/h4-10,14,16H,3,11H2,1-2H3. The van der Waals surface area contributed by atoms with Crippen LogP contribution in [-0.2, 0) is 0 Å². The van der Waals surface area contributed by atoms with E-state index in [0.29, 0.717) is 6.04 Å². The molecule has 18 heavy (non-hydrogen) atoms. The van der Waals surface area contributed by atoms with Crippen LogP contribution in [0.4, 0.5) is 0 Å². The Kier molecular flexibility index (Phi) is 4.90. The molecule has 96 valence electrons. The lowest BCUT2D eigenvalue weighted by Crippen LogP contribution is -2.22. The highest BCUT2D eigenvalue weighted by molar-refractivity contribution is 7.99. The first-order valence-electron chi connectivity index (χ1n) is 6.26. The number of furan rings is 1. The van der Waals surface area contributed by atoms with Crippen LogP contribution in [0.15, 0.2) is 52.0 Å². The van der Waals surface area contributed by atoms with Crippen molar-refractivity contribution in [3.8, 4) is 0 Å². The van der Waals surface area contributed by atoms with Gasteiger partial charge in [0.1, 0.15) is 5.76 Å². The summed E-state index contributed by atoms with van der Waals surface area (Å²) in [5.41, 5.74) is 1.34. The number of hydrogen-bond acceptors (Lipinski definition) is 3. The first-order chi connectivity index (χ1) is 8.81. The Morgan fingerprint density at radius 2 is 2.00 bits per heavy atom. The normalized spacial score (nSPS) is 12.6. The number of rotatable bonds is 6. The fraction of sp³-hybridized carbons (Fsp3) is 0.333. The first kappa shape index (κ1) is 13.2. The van der Waals surface area contributed by atoms with Crippen LogP contribution in [0.1, 0.15) is 24.3 Å². The van der Waals surface area contributed by atoms with Crippen LogP contribution >= 0.6 is 11.8 Å². The quantitative estimate of drug-likeness (QED) is 0.795. The van der Waals surface area contributed by atoms with Gasteiger partial charge in [0.15, 0.2) is 0 Å². The molecule has 1 heterocycles. The van der Waals surface area contributed by atoms with E-state index in [1.807, 2.05) is 24.8 Å². The van der Waals surface area contributed by atoms with Crippen molar-refractivity contribution in [3.63, 3.8) is 0 Å². The molecule has 0 saturated carbocycles. The van der Waals surface area contributed by atoms with Crippen molar-refractivity contribution in [1.82, 2.24) is 5.32 Å². The lowest BCUT2D eigenvalue weighted by atomic mass is 10.1. The molecule has 0 spiro atoms. The van der Waals surface area contributed by atoms with Crippen LogP contribution in [0.2, 0.25) is 0 Å². The Bertz CT molecular complexity index is 466. The second-order valence-corrected chi connectivity index (χ2v) is 5.23. The Morgan fingerprint density at radius 1 is 1.22 bits per heavy atom. The van der Waals surface area contributed by atoms with Crippen molar-refractivity contribution in [2.24, 2.45) is 0 Å². The van der Waals surface area contributed by atoms with Crippen LogP contribution in [0.25, 0.3) is 0 Å². The fourth-order valence-corrected chi connectivity index (χ4v) is 2.96. The maximum absolute atomic E-state index is 5.32. The van der Waals surface area contributed by atoms with E-state index in [1.54, 1.807) is 6.26 Å². The van der Waals surface area contributed by atoms with Gasteiger partial charge in [-0.15, -0.1) is 11.8 Å². The molecule has 2 rings (SSSR count). The summed E-state index contributed by atoms with van der Waals surface area (Å²) >= 11 is 1.84. The Labute approximate surface area is 113 Å². The van der Waals surface area contributed by atoms with Crippen molar-refractivity contribution < 1.29 is 4.42 Å². The van der Waals surface area contributed by atoms with Gasteiger partial charge in [-0.1, -0.05) is 37.3 Å². The van der Waals surface area contributed by atoms with Crippen LogP contribution < -0.4 is 5.32 Å². The monoisotopic (exact) mass is 261 g/mol. The van der Waals surface area contributed by atoms with Crippen LogP contribution in [0.3, 0.4) is 0 Å². The van der Waals surface area contributed by atoms with Crippen molar-refractivity contribution in [2.45, 2.75) is 24.8 Å². The molecule has 1 aromatic carbocycles. The third-order valence-electron chi connectivity index (χ3n) is 2.87. The van der Waals surface area contributed by atoms with Crippen LogP contribution in [0.5, 0.6) is 0 Å². The largest absolute Gasteiger partial charge is 0.468 e. The van der Waals surface area contributed by atoms with E-state index >= 15 is 0 Å². The molecule has 0 bridgehead atoms. The second kappa shape index (κ2) is 6.66. The Balaban J connectivity index is 2.01. The highest BCUT2D eigenvalue weighted by Crippen LogP contribution is 2.27. The van der Waals surface area contributed by atoms with E-state index in [9.17, 15) is 0 Å². The molecule has 3 heteroatoms. The third kappa shape index (κ3) is 3.40. The van der Waals surface area contributed by atoms with Gasteiger partial charge in [-0.2, -0.15) is 0 Å². The maximum Gasteiger partial charge on any atom is 0.114 e. The highest BCUT2D eigenvalue weighted by Gasteiger charge is 2.11. The molecule has 0 aliphatic carbocycles. The van der Waals surface area contributed by atoms with Gasteiger partial charge in [0.25, 0.3) is 0 Å². The summed E-state index contributed by atoms with van der Waals surface area (Å²) in [7, 11) is 0. The molecular weight excluding hydrogens is 242 g/mol. The molecule has 1 N–H and O–H groups in total. The Hall–Kier alpha value is -1.19. The third-order valence-corrected chi connectivity index (χ3v) is 4.10. The summed E-state index contributed by atoms with van der Waals surface area (Å²) in [6, 6.07) is 13.0. The molecule has 0 fully saturated rings. The molecule has 0 aliphatic rings. The van der Waals surface area contributed by atoms with Crippen molar-refractivity contribution in [1.29, 1.82) is 0 Å². The molecule has 1 atom stereocenters. The van der Waals surface area contributed by atoms with E-state index in [1.165, 1.54) is 10.5 Å². The molecule has 0 radical (unpaired) electrons. The smallest absolute Gasteiger partial charge is 0.114 e.